The fourth-order valence-electron chi connectivity index (χ4n) is 3.99. The number of hydrogen-bond donors (Lipinski definition) is 1. The number of aliphatic hydroxyl groups excluding tert-OH is 1. The highest BCUT2D eigenvalue weighted by Crippen LogP contribution is 2.44. The number of fused-ring (bicyclic) bond motifs is 1. The van der Waals surface area contributed by atoms with E-state index in [4.69, 9.17) is 13.9 Å². The van der Waals surface area contributed by atoms with Gasteiger partial charge in [-0.3, -0.25) is 14.5 Å². The molecule has 1 atom stereocenters. The number of carbonyl (C=O) groups excluding carboxylic acids is 2. The van der Waals surface area contributed by atoms with Crippen molar-refractivity contribution < 1.29 is 41.8 Å². The Hall–Kier alpha value is -4.21. The molecule has 174 valence electrons. The largest absolute Gasteiger partial charge is 0.507 e. The lowest BCUT2D eigenvalue weighted by atomic mass is 9.98. The van der Waals surface area contributed by atoms with E-state index in [0.717, 1.165) is 23.1 Å². The van der Waals surface area contributed by atoms with Crippen molar-refractivity contribution in [2.75, 3.05) is 18.1 Å². The highest BCUT2D eigenvalue weighted by Gasteiger charge is 2.48. The van der Waals surface area contributed by atoms with E-state index in [9.17, 15) is 27.9 Å². The summed E-state index contributed by atoms with van der Waals surface area (Å²) < 4.78 is 56.3. The van der Waals surface area contributed by atoms with E-state index in [2.05, 4.69) is 0 Å². The van der Waals surface area contributed by atoms with Gasteiger partial charge in [0.2, 0.25) is 0 Å². The predicted octanol–water partition coefficient (Wildman–Crippen LogP) is 4.70. The van der Waals surface area contributed by atoms with Gasteiger partial charge in [0.15, 0.2) is 11.5 Å². The number of halogens is 3. The van der Waals surface area contributed by atoms with Gasteiger partial charge in [0.05, 0.1) is 17.4 Å². The lowest BCUT2D eigenvalue weighted by molar-refractivity contribution is -0.137. The zero-order valence-electron chi connectivity index (χ0n) is 17.3. The van der Waals surface area contributed by atoms with Gasteiger partial charge in [-0.05, 0) is 48.5 Å². The molecule has 2 aliphatic heterocycles. The molecule has 10 heteroatoms. The molecule has 1 saturated heterocycles. The number of anilines is 1. The smallest absolute Gasteiger partial charge is 0.416 e. The summed E-state index contributed by atoms with van der Waals surface area (Å²) in [5.41, 5.74) is -1.31. The van der Waals surface area contributed by atoms with Gasteiger partial charge in [-0.2, -0.15) is 13.2 Å². The molecular formula is C24H16F3NO6. The van der Waals surface area contributed by atoms with E-state index >= 15 is 0 Å². The third-order valence-electron chi connectivity index (χ3n) is 5.52. The Bertz CT molecular complexity index is 1310. The first-order valence-electron chi connectivity index (χ1n) is 10.2. The molecule has 0 radical (unpaired) electrons. The molecule has 3 heterocycles. The molecule has 34 heavy (non-hydrogen) atoms. The van der Waals surface area contributed by atoms with E-state index in [1.807, 2.05) is 0 Å². The van der Waals surface area contributed by atoms with Crippen LogP contribution in [0, 0.1) is 0 Å². The zero-order valence-corrected chi connectivity index (χ0v) is 17.3. The number of alkyl halides is 3. The van der Waals surface area contributed by atoms with E-state index < -0.39 is 35.2 Å². The number of nitrogens with zero attached hydrogens (tertiary/aromatic N) is 1. The van der Waals surface area contributed by atoms with Crippen molar-refractivity contribution in [3.63, 3.8) is 0 Å². The number of rotatable bonds is 3. The van der Waals surface area contributed by atoms with Crippen molar-refractivity contribution >= 4 is 23.1 Å². The van der Waals surface area contributed by atoms with Crippen LogP contribution in [0.4, 0.5) is 18.9 Å². The first-order chi connectivity index (χ1) is 16.3. The molecule has 0 bridgehead atoms. The number of ketones is 1. The predicted molar refractivity (Wildman–Crippen MR) is 112 cm³/mol. The molecule has 1 amide bonds. The van der Waals surface area contributed by atoms with Crippen LogP contribution in [0.15, 0.2) is 70.9 Å². The van der Waals surface area contributed by atoms with Crippen LogP contribution in [0.3, 0.4) is 0 Å². The Kier molecular flexibility index (Phi) is 5.07. The van der Waals surface area contributed by atoms with Gasteiger partial charge < -0.3 is 19.0 Å². The molecule has 7 nitrogen and oxygen atoms in total. The van der Waals surface area contributed by atoms with E-state index in [1.165, 1.54) is 36.6 Å². The van der Waals surface area contributed by atoms with E-state index in [-0.39, 0.29) is 22.6 Å². The highest BCUT2D eigenvalue weighted by atomic mass is 19.4. The molecule has 1 unspecified atom stereocenters. The zero-order chi connectivity index (χ0) is 24.0. The molecule has 1 fully saturated rings. The van der Waals surface area contributed by atoms with Gasteiger partial charge in [0.25, 0.3) is 11.7 Å². The van der Waals surface area contributed by atoms with Crippen LogP contribution in [0.1, 0.15) is 22.9 Å². The molecule has 5 rings (SSSR count). The van der Waals surface area contributed by atoms with Gasteiger partial charge in [0, 0.05) is 11.3 Å². The Labute approximate surface area is 190 Å². The van der Waals surface area contributed by atoms with Crippen LogP contribution < -0.4 is 14.4 Å². The molecule has 2 aromatic carbocycles. The van der Waals surface area contributed by atoms with Crippen molar-refractivity contribution in [3.05, 3.63) is 83.3 Å². The van der Waals surface area contributed by atoms with Crippen LogP contribution in [-0.2, 0) is 15.8 Å². The Morgan fingerprint density at radius 2 is 1.74 bits per heavy atom. The summed E-state index contributed by atoms with van der Waals surface area (Å²) in [6.45, 7) is 0.655. The van der Waals surface area contributed by atoms with Crippen LogP contribution in [-0.4, -0.2) is 30.0 Å². The highest BCUT2D eigenvalue weighted by molar-refractivity contribution is 6.51. The van der Waals surface area contributed by atoms with Gasteiger partial charge in [-0.25, -0.2) is 0 Å². The van der Waals surface area contributed by atoms with Crippen LogP contribution in [0.5, 0.6) is 11.5 Å². The monoisotopic (exact) mass is 471 g/mol. The second kappa shape index (κ2) is 7.98. The SMILES string of the molecule is O=C1C(=O)N(c2cccc(C(F)(F)F)c2)C(c2ccco2)/C1=C(/O)c1ccc2c(c1)OCCO2. The number of ether oxygens (including phenoxy) is 2. The Morgan fingerprint density at radius 3 is 2.44 bits per heavy atom. The number of hydrogen-bond acceptors (Lipinski definition) is 6. The quantitative estimate of drug-likeness (QED) is 0.339. The number of carbonyl (C=O) groups is 2. The van der Waals surface area contributed by atoms with Gasteiger partial charge in [0.1, 0.15) is 30.8 Å². The van der Waals surface area contributed by atoms with Crippen molar-refractivity contribution in [2.45, 2.75) is 12.2 Å². The van der Waals surface area contributed by atoms with Crippen molar-refractivity contribution in [3.8, 4) is 11.5 Å². The minimum Gasteiger partial charge on any atom is -0.507 e. The van der Waals surface area contributed by atoms with Crippen LogP contribution in [0.25, 0.3) is 5.76 Å². The third kappa shape index (κ3) is 3.57. The Morgan fingerprint density at radius 1 is 0.971 bits per heavy atom. The van der Waals surface area contributed by atoms with Crippen LogP contribution in [0.2, 0.25) is 0 Å². The average molecular weight is 471 g/mol. The second-order valence-corrected chi connectivity index (χ2v) is 7.59. The molecule has 1 N–H and O–H groups in total. The Balaban J connectivity index is 1.66. The van der Waals surface area contributed by atoms with Crippen molar-refractivity contribution in [1.29, 1.82) is 0 Å². The van der Waals surface area contributed by atoms with Crippen molar-refractivity contribution in [1.82, 2.24) is 0 Å². The van der Waals surface area contributed by atoms with Gasteiger partial charge >= 0.3 is 6.18 Å². The molecular weight excluding hydrogens is 455 g/mol. The van der Waals surface area contributed by atoms with Crippen molar-refractivity contribution in [2.24, 2.45) is 0 Å². The number of benzene rings is 2. The maximum absolute atomic E-state index is 13.3. The summed E-state index contributed by atoms with van der Waals surface area (Å²) >= 11 is 0. The minimum absolute atomic E-state index is 0.0932. The third-order valence-corrected chi connectivity index (χ3v) is 5.52. The van der Waals surface area contributed by atoms with Gasteiger partial charge in [-0.1, -0.05) is 6.07 Å². The lowest BCUT2D eigenvalue weighted by Gasteiger charge is -2.24. The summed E-state index contributed by atoms with van der Waals surface area (Å²) in [5.74, 6) is -1.79. The lowest BCUT2D eigenvalue weighted by Crippen LogP contribution is -2.29. The van der Waals surface area contributed by atoms with E-state index in [1.54, 1.807) is 6.07 Å². The number of aliphatic hydroxyl groups is 1. The molecule has 2 aliphatic rings. The number of amides is 1. The summed E-state index contributed by atoms with van der Waals surface area (Å²) in [7, 11) is 0. The van der Waals surface area contributed by atoms with Gasteiger partial charge in [-0.15, -0.1) is 0 Å². The summed E-state index contributed by atoms with van der Waals surface area (Å²) in [4.78, 5) is 27.0. The number of Topliss-reactive ketones (excluding diaryl/α,β-unsaturated/α-hetero) is 1. The summed E-state index contributed by atoms with van der Waals surface area (Å²) in [5, 5.41) is 11.1. The topological polar surface area (TPSA) is 89.2 Å². The fourth-order valence-corrected chi connectivity index (χ4v) is 3.99. The number of furan rings is 1. The van der Waals surface area contributed by atoms with E-state index in [0.29, 0.717) is 24.7 Å². The fraction of sp³-hybridized carbons (Fsp3) is 0.167. The molecule has 0 spiro atoms. The maximum Gasteiger partial charge on any atom is 0.416 e. The summed E-state index contributed by atoms with van der Waals surface area (Å²) in [6.07, 6.45) is -3.36. The average Bonchev–Trinajstić information content (AvgIpc) is 3.45. The maximum atomic E-state index is 13.3. The minimum atomic E-state index is -4.66. The first kappa shape index (κ1) is 21.6. The molecule has 1 aromatic heterocycles. The molecule has 0 aliphatic carbocycles. The first-order valence-corrected chi connectivity index (χ1v) is 10.2. The standard InChI is InChI=1S/C24H16F3NO6/c25-24(26,27)14-3-1-4-15(12-14)28-20(17-5-2-8-32-17)19(22(30)23(28)31)21(29)13-6-7-16-18(11-13)34-10-9-33-16/h1-8,11-12,20,29H,9-10H2/b21-19-. The van der Waals surface area contributed by atoms with Crippen LogP contribution >= 0.6 is 0 Å². The normalized spacial score (nSPS) is 19.5. The second-order valence-electron chi connectivity index (χ2n) is 7.59. The molecule has 3 aromatic rings. The molecule has 0 saturated carbocycles. The summed E-state index contributed by atoms with van der Waals surface area (Å²) in [6, 6.07) is 10.2.